The van der Waals surface area contributed by atoms with E-state index in [1.807, 2.05) is 4.72 Å². The molecule has 2 atom stereocenters. The lowest BCUT2D eigenvalue weighted by Gasteiger charge is -2.26. The molecule has 4 nitrogen and oxygen atoms in total. The second kappa shape index (κ2) is 8.50. The average molecular weight is 442 g/mol. The van der Waals surface area contributed by atoms with Crippen LogP contribution in [0.5, 0.6) is 0 Å². The number of halogens is 5. The Morgan fingerprint density at radius 1 is 0.667 bits per heavy atom. The first kappa shape index (κ1) is 21.9. The van der Waals surface area contributed by atoms with Gasteiger partial charge in [0, 0.05) is 0 Å². The average Bonchev–Trinajstić information content (AvgIpc) is 2.75. The van der Waals surface area contributed by atoms with Crippen LogP contribution in [0.3, 0.4) is 0 Å². The molecule has 0 bridgehead atoms. The third kappa shape index (κ3) is 4.07. The Balaban J connectivity index is 2.12. The van der Waals surface area contributed by atoms with Gasteiger partial charge in [-0.1, -0.05) is 60.7 Å². The molecule has 158 valence electrons. The summed E-state index contributed by atoms with van der Waals surface area (Å²) in [6.45, 7) is 0. The Morgan fingerprint density at radius 3 is 1.53 bits per heavy atom. The van der Waals surface area contributed by atoms with Gasteiger partial charge in [-0.2, -0.15) is 0 Å². The van der Waals surface area contributed by atoms with Crippen molar-refractivity contribution in [2.45, 2.75) is 17.0 Å². The summed E-state index contributed by atoms with van der Waals surface area (Å²) >= 11 is 0. The summed E-state index contributed by atoms with van der Waals surface area (Å²) in [6.07, 6.45) is 0. The van der Waals surface area contributed by atoms with Crippen LogP contribution in [0, 0.1) is 29.1 Å². The minimum Gasteiger partial charge on any atom is -0.322 e. The minimum absolute atomic E-state index is 0.321. The molecule has 0 aliphatic heterocycles. The molecule has 0 saturated carbocycles. The highest BCUT2D eigenvalue weighted by Crippen LogP contribution is 2.31. The third-order valence-corrected chi connectivity index (χ3v) is 5.88. The van der Waals surface area contributed by atoms with E-state index in [0.29, 0.717) is 11.1 Å². The van der Waals surface area contributed by atoms with Crippen LogP contribution in [0.4, 0.5) is 22.0 Å². The van der Waals surface area contributed by atoms with Crippen molar-refractivity contribution in [2.24, 2.45) is 5.73 Å². The lowest BCUT2D eigenvalue weighted by Crippen LogP contribution is -2.37. The zero-order chi connectivity index (χ0) is 22.1. The molecule has 30 heavy (non-hydrogen) atoms. The van der Waals surface area contributed by atoms with E-state index in [4.69, 9.17) is 5.73 Å². The molecular formula is C20H15F5N2O2S. The molecule has 0 spiro atoms. The quantitative estimate of drug-likeness (QED) is 0.343. The van der Waals surface area contributed by atoms with E-state index >= 15 is 0 Å². The first-order valence-electron chi connectivity index (χ1n) is 8.54. The van der Waals surface area contributed by atoms with Crippen molar-refractivity contribution in [2.75, 3.05) is 0 Å². The Morgan fingerprint density at radius 2 is 1.07 bits per heavy atom. The topological polar surface area (TPSA) is 72.2 Å². The maximum absolute atomic E-state index is 14.1. The molecular weight excluding hydrogens is 427 g/mol. The van der Waals surface area contributed by atoms with Gasteiger partial charge in [-0.25, -0.2) is 35.1 Å². The maximum atomic E-state index is 14.1. The lowest BCUT2D eigenvalue weighted by atomic mass is 9.95. The zero-order valence-electron chi connectivity index (χ0n) is 15.1. The van der Waals surface area contributed by atoms with E-state index in [2.05, 4.69) is 0 Å². The molecule has 0 radical (unpaired) electrons. The van der Waals surface area contributed by atoms with Crippen molar-refractivity contribution in [1.29, 1.82) is 0 Å². The number of hydrogen-bond donors (Lipinski definition) is 2. The van der Waals surface area contributed by atoms with E-state index in [1.54, 1.807) is 48.5 Å². The summed E-state index contributed by atoms with van der Waals surface area (Å²) in [4.78, 5) is -1.97. The highest BCUT2D eigenvalue weighted by Gasteiger charge is 2.36. The molecule has 0 amide bonds. The molecule has 0 fully saturated rings. The summed E-state index contributed by atoms with van der Waals surface area (Å²) in [5.74, 6) is -12.1. The molecule has 0 aliphatic rings. The summed E-state index contributed by atoms with van der Waals surface area (Å²) in [5, 5.41) is 0. The first-order valence-corrected chi connectivity index (χ1v) is 10.0. The van der Waals surface area contributed by atoms with Crippen LogP contribution >= 0.6 is 0 Å². The van der Waals surface area contributed by atoms with Gasteiger partial charge in [0.2, 0.25) is 15.8 Å². The second-order valence-electron chi connectivity index (χ2n) is 6.35. The minimum atomic E-state index is -5.21. The monoisotopic (exact) mass is 442 g/mol. The first-order chi connectivity index (χ1) is 14.1. The number of benzene rings is 3. The second-order valence-corrected chi connectivity index (χ2v) is 8.00. The van der Waals surface area contributed by atoms with Crippen molar-refractivity contribution < 1.29 is 30.4 Å². The summed E-state index contributed by atoms with van der Waals surface area (Å²) < 4.78 is 96.0. The summed E-state index contributed by atoms with van der Waals surface area (Å²) in [7, 11) is -5.21. The van der Waals surface area contributed by atoms with Crippen LogP contribution in [0.2, 0.25) is 0 Å². The largest absolute Gasteiger partial charge is 0.322 e. The molecule has 0 aliphatic carbocycles. The molecule has 3 N–H and O–H groups in total. The van der Waals surface area contributed by atoms with E-state index < -0.39 is 56.1 Å². The van der Waals surface area contributed by atoms with Gasteiger partial charge in [0.05, 0.1) is 12.1 Å². The number of rotatable bonds is 6. The van der Waals surface area contributed by atoms with E-state index in [9.17, 15) is 30.4 Å². The van der Waals surface area contributed by atoms with Crippen LogP contribution in [0.15, 0.2) is 65.6 Å². The van der Waals surface area contributed by atoms with Gasteiger partial charge in [-0.05, 0) is 11.1 Å². The van der Waals surface area contributed by atoms with Gasteiger partial charge >= 0.3 is 0 Å². The van der Waals surface area contributed by atoms with E-state index in [0.717, 1.165) is 0 Å². The third-order valence-electron chi connectivity index (χ3n) is 4.42. The smallest absolute Gasteiger partial charge is 0.247 e. The Hall–Kier alpha value is -2.82. The highest BCUT2D eigenvalue weighted by atomic mass is 32.2. The van der Waals surface area contributed by atoms with Crippen LogP contribution in [-0.4, -0.2) is 8.42 Å². The zero-order valence-corrected chi connectivity index (χ0v) is 15.9. The molecule has 0 saturated heterocycles. The molecule has 0 unspecified atom stereocenters. The maximum Gasteiger partial charge on any atom is 0.247 e. The number of hydrogen-bond acceptors (Lipinski definition) is 3. The van der Waals surface area contributed by atoms with Crippen LogP contribution in [0.25, 0.3) is 0 Å². The fraction of sp³-hybridized carbons (Fsp3) is 0.100. The van der Waals surface area contributed by atoms with E-state index in [-0.39, 0.29) is 0 Å². The Kier molecular flexibility index (Phi) is 6.20. The fourth-order valence-electron chi connectivity index (χ4n) is 2.92. The summed E-state index contributed by atoms with van der Waals surface area (Å²) in [5.41, 5.74) is 6.99. The molecule has 3 rings (SSSR count). The molecule has 10 heteroatoms. The van der Waals surface area contributed by atoms with Crippen molar-refractivity contribution in [3.8, 4) is 0 Å². The molecule has 0 aromatic heterocycles. The lowest BCUT2D eigenvalue weighted by molar-refractivity contribution is 0.356. The predicted octanol–water partition coefficient (Wildman–Crippen LogP) is 4.10. The molecule has 0 heterocycles. The van der Waals surface area contributed by atoms with Crippen molar-refractivity contribution in [3.05, 3.63) is 101 Å². The standard InChI is InChI=1S/C20H15F5N2O2S/c21-13-14(22)16(24)20(17(25)15(13)23)30(28,29)27-19(12-9-5-2-6-10-12)18(26)11-7-3-1-4-8-11/h1-10,18-19,27H,26H2/t18-,19+/m1/s1. The van der Waals surface area contributed by atoms with Crippen LogP contribution < -0.4 is 10.5 Å². The van der Waals surface area contributed by atoms with Crippen LogP contribution in [-0.2, 0) is 10.0 Å². The predicted molar refractivity (Wildman–Crippen MR) is 99.1 cm³/mol. The normalized spacial score (nSPS) is 13.8. The number of nitrogens with one attached hydrogen (secondary N) is 1. The summed E-state index contributed by atoms with van der Waals surface area (Å²) in [6, 6.07) is 13.7. The number of sulfonamides is 1. The molecule has 3 aromatic carbocycles. The van der Waals surface area contributed by atoms with Gasteiger partial charge in [0.25, 0.3) is 0 Å². The number of nitrogens with two attached hydrogens (primary N) is 1. The van der Waals surface area contributed by atoms with Crippen molar-refractivity contribution in [1.82, 2.24) is 4.72 Å². The molecule has 3 aromatic rings. The van der Waals surface area contributed by atoms with Crippen LogP contribution in [0.1, 0.15) is 23.2 Å². The van der Waals surface area contributed by atoms with Crippen molar-refractivity contribution in [3.63, 3.8) is 0 Å². The fourth-order valence-corrected chi connectivity index (χ4v) is 4.31. The van der Waals surface area contributed by atoms with Gasteiger partial charge < -0.3 is 5.73 Å². The SMILES string of the molecule is N[C@H](c1ccccc1)[C@@H](NS(=O)(=O)c1c(F)c(F)c(F)c(F)c1F)c1ccccc1. The Bertz CT molecular complexity index is 1130. The Labute approximate surface area is 169 Å². The van der Waals surface area contributed by atoms with E-state index in [1.165, 1.54) is 12.1 Å². The van der Waals surface area contributed by atoms with Gasteiger partial charge in [0.1, 0.15) is 0 Å². The highest BCUT2D eigenvalue weighted by molar-refractivity contribution is 7.89. The van der Waals surface area contributed by atoms with Gasteiger partial charge in [-0.3, -0.25) is 0 Å². The van der Waals surface area contributed by atoms with Gasteiger partial charge in [0.15, 0.2) is 28.2 Å². The van der Waals surface area contributed by atoms with Gasteiger partial charge in [-0.15, -0.1) is 0 Å². The van der Waals surface area contributed by atoms with Crippen molar-refractivity contribution >= 4 is 10.0 Å².